The van der Waals surface area contributed by atoms with Crippen LogP contribution in [0.3, 0.4) is 0 Å². The van der Waals surface area contributed by atoms with E-state index in [1.54, 1.807) is 6.92 Å². The molecule has 0 aliphatic carbocycles. The van der Waals surface area contributed by atoms with Crippen molar-refractivity contribution in [1.82, 2.24) is 0 Å². The van der Waals surface area contributed by atoms with Crippen molar-refractivity contribution in [3.63, 3.8) is 0 Å². The number of aliphatic hydroxyl groups is 1. The van der Waals surface area contributed by atoms with E-state index in [0.717, 1.165) is 17.8 Å². The van der Waals surface area contributed by atoms with Gasteiger partial charge in [-0.2, -0.15) is 0 Å². The molecule has 0 fully saturated rings. The van der Waals surface area contributed by atoms with E-state index in [4.69, 9.17) is 0 Å². The lowest BCUT2D eigenvalue weighted by atomic mass is 10.1. The molecule has 2 heteroatoms. The summed E-state index contributed by atoms with van der Waals surface area (Å²) in [5, 5.41) is 13.0. The lowest BCUT2D eigenvalue weighted by Crippen LogP contribution is -2.12. The fraction of sp³-hybridized carbons (Fsp3) is 0.538. The molecule has 1 rings (SSSR count). The van der Waals surface area contributed by atoms with Gasteiger partial charge < -0.3 is 10.4 Å². The van der Waals surface area contributed by atoms with Gasteiger partial charge in [0.1, 0.15) is 0 Å². The zero-order chi connectivity index (χ0) is 11.3. The first-order valence-electron chi connectivity index (χ1n) is 5.66. The van der Waals surface area contributed by atoms with Crippen molar-refractivity contribution < 1.29 is 5.11 Å². The average Bonchev–Trinajstić information content (AvgIpc) is 2.26. The Hall–Kier alpha value is -1.02. The van der Waals surface area contributed by atoms with Crippen LogP contribution in [-0.4, -0.2) is 11.7 Å². The standard InChI is InChI=1S/C13H21NO/c1-4-10(2)9-14-13-8-6-5-7-12(13)11(3)15/h5-8,10-11,14-15H,4,9H2,1-3H3. The van der Waals surface area contributed by atoms with Crippen molar-refractivity contribution in [1.29, 1.82) is 0 Å². The predicted octanol–water partition coefficient (Wildman–Crippen LogP) is 3.20. The van der Waals surface area contributed by atoms with Crippen molar-refractivity contribution in [2.45, 2.75) is 33.3 Å². The Morgan fingerprint density at radius 3 is 2.53 bits per heavy atom. The summed E-state index contributed by atoms with van der Waals surface area (Å²) in [6.45, 7) is 7.16. The van der Waals surface area contributed by atoms with Gasteiger partial charge in [-0.25, -0.2) is 0 Å². The van der Waals surface area contributed by atoms with E-state index in [0.29, 0.717) is 5.92 Å². The van der Waals surface area contributed by atoms with E-state index in [-0.39, 0.29) is 0 Å². The maximum Gasteiger partial charge on any atom is 0.0781 e. The Balaban J connectivity index is 2.67. The molecule has 2 unspecified atom stereocenters. The van der Waals surface area contributed by atoms with Crippen LogP contribution in [0.15, 0.2) is 24.3 Å². The van der Waals surface area contributed by atoms with Gasteiger partial charge in [-0.05, 0) is 18.9 Å². The molecular formula is C13H21NO. The van der Waals surface area contributed by atoms with E-state index in [1.807, 2.05) is 24.3 Å². The topological polar surface area (TPSA) is 32.3 Å². The van der Waals surface area contributed by atoms with Gasteiger partial charge in [-0.15, -0.1) is 0 Å². The van der Waals surface area contributed by atoms with E-state index in [1.165, 1.54) is 6.42 Å². The second-order valence-corrected chi connectivity index (χ2v) is 4.16. The van der Waals surface area contributed by atoms with Crippen molar-refractivity contribution in [3.05, 3.63) is 29.8 Å². The molecule has 0 saturated heterocycles. The van der Waals surface area contributed by atoms with Gasteiger partial charge in [-0.1, -0.05) is 38.5 Å². The lowest BCUT2D eigenvalue weighted by molar-refractivity contribution is 0.200. The second kappa shape index (κ2) is 5.76. The average molecular weight is 207 g/mol. The number of benzene rings is 1. The first-order chi connectivity index (χ1) is 7.15. The Labute approximate surface area is 92.3 Å². The highest BCUT2D eigenvalue weighted by atomic mass is 16.3. The summed E-state index contributed by atoms with van der Waals surface area (Å²) < 4.78 is 0. The van der Waals surface area contributed by atoms with Gasteiger partial charge in [0.2, 0.25) is 0 Å². The van der Waals surface area contributed by atoms with E-state index in [2.05, 4.69) is 19.2 Å². The molecule has 15 heavy (non-hydrogen) atoms. The molecule has 0 aliphatic rings. The highest BCUT2D eigenvalue weighted by molar-refractivity contribution is 5.51. The molecule has 84 valence electrons. The minimum Gasteiger partial charge on any atom is -0.389 e. The van der Waals surface area contributed by atoms with Gasteiger partial charge >= 0.3 is 0 Å². The number of hydrogen-bond donors (Lipinski definition) is 2. The van der Waals surface area contributed by atoms with Crippen molar-refractivity contribution in [3.8, 4) is 0 Å². The number of nitrogens with one attached hydrogen (secondary N) is 1. The number of aliphatic hydroxyl groups excluding tert-OH is 1. The first kappa shape index (κ1) is 12.1. The summed E-state index contributed by atoms with van der Waals surface area (Å²) in [6, 6.07) is 7.93. The SMILES string of the molecule is CCC(C)CNc1ccccc1C(C)O. The first-order valence-corrected chi connectivity index (χ1v) is 5.66. The van der Waals surface area contributed by atoms with Gasteiger partial charge in [0.25, 0.3) is 0 Å². The van der Waals surface area contributed by atoms with Crippen LogP contribution in [0.2, 0.25) is 0 Å². The van der Waals surface area contributed by atoms with Crippen LogP contribution in [0.25, 0.3) is 0 Å². The van der Waals surface area contributed by atoms with E-state index in [9.17, 15) is 5.11 Å². The molecule has 2 atom stereocenters. The maximum absolute atomic E-state index is 9.59. The smallest absolute Gasteiger partial charge is 0.0781 e. The van der Waals surface area contributed by atoms with Crippen LogP contribution in [0, 0.1) is 5.92 Å². The summed E-state index contributed by atoms with van der Waals surface area (Å²) in [4.78, 5) is 0. The third kappa shape index (κ3) is 3.56. The minimum atomic E-state index is -0.411. The molecule has 1 aromatic carbocycles. The van der Waals surface area contributed by atoms with Crippen LogP contribution in [0.1, 0.15) is 38.9 Å². The highest BCUT2D eigenvalue weighted by Gasteiger charge is 2.07. The van der Waals surface area contributed by atoms with Gasteiger partial charge in [0, 0.05) is 17.8 Å². The number of para-hydroxylation sites is 1. The summed E-state index contributed by atoms with van der Waals surface area (Å²) in [6.07, 6.45) is 0.759. The predicted molar refractivity (Wildman–Crippen MR) is 65.0 cm³/mol. The monoisotopic (exact) mass is 207 g/mol. The molecule has 0 heterocycles. The van der Waals surface area contributed by atoms with Crippen molar-refractivity contribution in [2.75, 3.05) is 11.9 Å². The van der Waals surface area contributed by atoms with Gasteiger partial charge in [0.05, 0.1) is 6.10 Å². The third-order valence-electron chi connectivity index (χ3n) is 2.75. The molecule has 0 amide bonds. The molecule has 0 saturated carbocycles. The molecule has 0 bridgehead atoms. The number of anilines is 1. The Bertz CT molecular complexity index is 296. The Morgan fingerprint density at radius 2 is 1.93 bits per heavy atom. The van der Waals surface area contributed by atoms with Gasteiger partial charge in [0.15, 0.2) is 0 Å². The molecule has 1 aromatic rings. The summed E-state index contributed by atoms with van der Waals surface area (Å²) in [5.41, 5.74) is 2.02. The summed E-state index contributed by atoms with van der Waals surface area (Å²) >= 11 is 0. The fourth-order valence-corrected chi connectivity index (χ4v) is 1.45. The zero-order valence-electron chi connectivity index (χ0n) is 9.83. The molecule has 2 N–H and O–H groups in total. The Kier molecular flexibility index (Phi) is 4.63. The van der Waals surface area contributed by atoms with Gasteiger partial charge in [-0.3, -0.25) is 0 Å². The molecule has 2 nitrogen and oxygen atoms in total. The Morgan fingerprint density at radius 1 is 1.27 bits per heavy atom. The van der Waals surface area contributed by atoms with Crippen LogP contribution in [0.5, 0.6) is 0 Å². The fourth-order valence-electron chi connectivity index (χ4n) is 1.45. The molecular weight excluding hydrogens is 186 g/mol. The molecule has 0 radical (unpaired) electrons. The largest absolute Gasteiger partial charge is 0.389 e. The lowest BCUT2D eigenvalue weighted by Gasteiger charge is -2.16. The van der Waals surface area contributed by atoms with Crippen LogP contribution >= 0.6 is 0 Å². The zero-order valence-corrected chi connectivity index (χ0v) is 9.83. The quantitative estimate of drug-likeness (QED) is 0.777. The number of rotatable bonds is 5. The molecule has 0 aromatic heterocycles. The normalized spacial score (nSPS) is 14.7. The van der Waals surface area contributed by atoms with Crippen molar-refractivity contribution in [2.24, 2.45) is 5.92 Å². The summed E-state index contributed by atoms with van der Waals surface area (Å²) in [5.74, 6) is 0.659. The minimum absolute atomic E-state index is 0.411. The molecule has 0 aliphatic heterocycles. The van der Waals surface area contributed by atoms with Crippen LogP contribution in [0.4, 0.5) is 5.69 Å². The highest BCUT2D eigenvalue weighted by Crippen LogP contribution is 2.22. The third-order valence-corrected chi connectivity index (χ3v) is 2.75. The molecule has 0 spiro atoms. The number of hydrogen-bond acceptors (Lipinski definition) is 2. The van der Waals surface area contributed by atoms with E-state index < -0.39 is 6.10 Å². The van der Waals surface area contributed by atoms with Crippen LogP contribution < -0.4 is 5.32 Å². The maximum atomic E-state index is 9.59. The van der Waals surface area contributed by atoms with Crippen LogP contribution in [-0.2, 0) is 0 Å². The second-order valence-electron chi connectivity index (χ2n) is 4.16. The summed E-state index contributed by atoms with van der Waals surface area (Å²) in [7, 11) is 0. The van der Waals surface area contributed by atoms with Crippen molar-refractivity contribution >= 4 is 5.69 Å². The van der Waals surface area contributed by atoms with E-state index >= 15 is 0 Å².